The van der Waals surface area contributed by atoms with Crippen LogP contribution >= 0.6 is 0 Å². The Morgan fingerprint density at radius 2 is 1.77 bits per heavy atom. The lowest BCUT2D eigenvalue weighted by atomic mass is 9.48. The molecule has 0 aliphatic heterocycles. The second-order valence-electron chi connectivity index (χ2n) is 12.5. The van der Waals surface area contributed by atoms with Crippen molar-refractivity contribution in [1.82, 2.24) is 5.01 Å². The van der Waals surface area contributed by atoms with Gasteiger partial charge in [-0.25, -0.2) is 0 Å². The van der Waals surface area contributed by atoms with Crippen LogP contribution < -0.4 is 0 Å². The van der Waals surface area contributed by atoms with Crippen molar-refractivity contribution in [2.45, 2.75) is 83.7 Å². The molecule has 4 saturated carbocycles. The molecular formula is C30H45N3O2. The second kappa shape index (κ2) is 9.61. The first-order chi connectivity index (χ1) is 16.8. The molecule has 192 valence electrons. The predicted molar refractivity (Wildman–Crippen MR) is 143 cm³/mol. The molecule has 8 atom stereocenters. The monoisotopic (exact) mass is 479 g/mol. The van der Waals surface area contributed by atoms with Gasteiger partial charge >= 0.3 is 0 Å². The first-order valence-corrected chi connectivity index (χ1v) is 14.1. The van der Waals surface area contributed by atoms with Gasteiger partial charge in [0.15, 0.2) is 5.78 Å². The van der Waals surface area contributed by atoms with Gasteiger partial charge in [0.25, 0.3) is 0 Å². The Hall–Kier alpha value is -1.75. The van der Waals surface area contributed by atoms with Crippen molar-refractivity contribution in [3.05, 3.63) is 24.3 Å². The number of ketones is 1. The highest BCUT2D eigenvalue weighted by Crippen LogP contribution is 2.64. The van der Waals surface area contributed by atoms with E-state index in [1.165, 1.54) is 38.5 Å². The third-order valence-corrected chi connectivity index (χ3v) is 10.9. The van der Waals surface area contributed by atoms with Crippen LogP contribution in [-0.2, 0) is 4.79 Å². The van der Waals surface area contributed by atoms with Crippen LogP contribution in [0, 0.1) is 40.9 Å². The van der Waals surface area contributed by atoms with E-state index in [9.17, 15) is 9.90 Å². The van der Waals surface area contributed by atoms with Gasteiger partial charge in [0.1, 0.15) is 5.71 Å². The Bertz CT molecular complexity index is 951. The number of allylic oxidation sites excluding steroid dienone is 4. The van der Waals surface area contributed by atoms with E-state index in [1.54, 1.807) is 7.05 Å². The molecule has 5 aliphatic rings. The number of hydrazone groups is 1. The summed E-state index contributed by atoms with van der Waals surface area (Å²) in [5.74, 6) is 4.32. The highest BCUT2D eigenvalue weighted by molar-refractivity contribution is 6.51. The quantitative estimate of drug-likeness (QED) is 0.421. The minimum absolute atomic E-state index is 0.140. The highest BCUT2D eigenvalue weighted by Gasteiger charge is 2.58. The lowest BCUT2D eigenvalue weighted by Gasteiger charge is -2.57. The maximum Gasteiger partial charge on any atom is 0.157 e. The third-order valence-electron chi connectivity index (χ3n) is 10.9. The van der Waals surface area contributed by atoms with Crippen molar-refractivity contribution in [3.8, 4) is 0 Å². The summed E-state index contributed by atoms with van der Waals surface area (Å²) in [7, 11) is 3.69. The molecule has 0 radical (unpaired) electrons. The van der Waals surface area contributed by atoms with E-state index in [4.69, 9.17) is 5.10 Å². The van der Waals surface area contributed by atoms with Crippen LogP contribution in [0.25, 0.3) is 0 Å². The number of fused-ring (bicyclic) bond motifs is 5. The van der Waals surface area contributed by atoms with Crippen LogP contribution in [0.1, 0.15) is 78.1 Å². The summed E-state index contributed by atoms with van der Waals surface area (Å²) in [6.07, 6.45) is 19.3. The van der Waals surface area contributed by atoms with Crippen molar-refractivity contribution < 1.29 is 9.90 Å². The number of likely N-dealkylation sites (N-methyl/N-ethyl adjacent to an activating group) is 1. The number of hydrogen-bond donors (Lipinski definition) is 1. The van der Waals surface area contributed by atoms with Crippen LogP contribution in [0.2, 0.25) is 0 Å². The average molecular weight is 480 g/mol. The predicted octanol–water partition coefficient (Wildman–Crippen LogP) is 5.45. The van der Waals surface area contributed by atoms with Gasteiger partial charge in [0.2, 0.25) is 0 Å². The third kappa shape index (κ3) is 4.47. The molecule has 5 rings (SSSR count). The molecule has 5 nitrogen and oxygen atoms in total. The van der Waals surface area contributed by atoms with Crippen LogP contribution in [0.4, 0.5) is 0 Å². The Morgan fingerprint density at radius 1 is 1.03 bits per heavy atom. The van der Waals surface area contributed by atoms with Crippen LogP contribution in [0.15, 0.2) is 34.4 Å². The second-order valence-corrected chi connectivity index (χ2v) is 12.5. The lowest BCUT2D eigenvalue weighted by molar-refractivity contribution is -0.133. The molecule has 4 fully saturated rings. The molecule has 0 aromatic heterocycles. The summed E-state index contributed by atoms with van der Waals surface area (Å²) < 4.78 is 0. The summed E-state index contributed by atoms with van der Waals surface area (Å²) >= 11 is 0. The molecule has 0 bridgehead atoms. The molecule has 0 heterocycles. The molecule has 0 aromatic carbocycles. The zero-order valence-corrected chi connectivity index (χ0v) is 22.2. The molecular weight excluding hydrogens is 434 g/mol. The van der Waals surface area contributed by atoms with E-state index in [1.807, 2.05) is 36.4 Å². The van der Waals surface area contributed by atoms with Crippen molar-refractivity contribution in [3.63, 3.8) is 0 Å². The van der Waals surface area contributed by atoms with Crippen molar-refractivity contribution in [1.29, 1.82) is 0 Å². The maximum atomic E-state index is 13.6. The number of hydrogen-bond acceptors (Lipinski definition) is 5. The smallest absolute Gasteiger partial charge is 0.157 e. The van der Waals surface area contributed by atoms with Gasteiger partial charge in [-0.15, -0.1) is 0 Å². The fraction of sp³-hybridized carbons (Fsp3) is 0.767. The zero-order valence-electron chi connectivity index (χ0n) is 22.2. The molecule has 5 heteroatoms. The molecule has 1 N–H and O–H groups in total. The topological polar surface area (TPSA) is 65.3 Å². The minimum atomic E-state index is -0.412. The maximum absolute atomic E-state index is 13.6. The first kappa shape index (κ1) is 24.9. The normalized spacial score (nSPS) is 44.7. The number of nitrogens with zero attached hydrogens (tertiary/aromatic N) is 3. The minimum Gasteiger partial charge on any atom is -0.390 e. The molecule has 0 aromatic rings. The Balaban J connectivity index is 1.25. The number of carbonyl (C=O) groups excluding carboxylic acids is 1. The van der Waals surface area contributed by atoms with Gasteiger partial charge in [-0.3, -0.25) is 14.8 Å². The van der Waals surface area contributed by atoms with Gasteiger partial charge in [-0.05, 0) is 111 Å². The largest absolute Gasteiger partial charge is 0.390 e. The number of carbonyl (C=O) groups is 1. The van der Waals surface area contributed by atoms with E-state index in [-0.39, 0.29) is 11.3 Å². The Labute approximate surface area is 211 Å². The molecule has 0 unspecified atom stereocenters. The van der Waals surface area contributed by atoms with Crippen LogP contribution in [-0.4, -0.2) is 53.6 Å². The van der Waals surface area contributed by atoms with Crippen molar-refractivity contribution >= 4 is 17.2 Å². The summed E-state index contributed by atoms with van der Waals surface area (Å²) in [6.45, 7) is 4.96. The number of aliphatic imine (C=N–C) groups is 1. The van der Waals surface area contributed by atoms with Gasteiger partial charge in [0, 0.05) is 20.0 Å². The first-order valence-electron chi connectivity index (χ1n) is 14.1. The van der Waals surface area contributed by atoms with Crippen molar-refractivity contribution in [2.24, 2.45) is 51.0 Å². The fourth-order valence-corrected chi connectivity index (χ4v) is 9.11. The van der Waals surface area contributed by atoms with Gasteiger partial charge in [-0.2, -0.15) is 5.10 Å². The van der Waals surface area contributed by atoms with Gasteiger partial charge in [-0.1, -0.05) is 26.0 Å². The van der Waals surface area contributed by atoms with Crippen molar-refractivity contribution in [2.75, 3.05) is 20.6 Å². The summed E-state index contributed by atoms with van der Waals surface area (Å²) in [4.78, 5) is 17.9. The summed E-state index contributed by atoms with van der Waals surface area (Å²) in [6, 6.07) is 0. The van der Waals surface area contributed by atoms with Crippen LogP contribution in [0.5, 0.6) is 0 Å². The molecule has 0 spiro atoms. The van der Waals surface area contributed by atoms with Gasteiger partial charge < -0.3 is 5.11 Å². The number of aliphatic hydroxyl groups is 1. The lowest BCUT2D eigenvalue weighted by Crippen LogP contribution is -2.51. The molecule has 5 aliphatic carbocycles. The van der Waals surface area contributed by atoms with E-state index < -0.39 is 5.60 Å². The Morgan fingerprint density at radius 3 is 2.51 bits per heavy atom. The SMILES string of the molecule is CC[C@@]1(O)CC[C@H]2[C@@H](CC[C@@H]3[C@@H]2CC[C@]2(C)[C@@H](C(=O)CN(C)/N=C4/C=CC=C/C4=N/C)CC[C@@H]32)C1. The molecule has 0 amide bonds. The summed E-state index contributed by atoms with van der Waals surface area (Å²) in [5, 5.41) is 17.5. The number of Topliss-reactive ketones (excluding diaryl/α,β-unsaturated/α-hetero) is 1. The standard InChI is InChI=1S/C30H45N3O2/c1-5-30(35)17-15-21-20(18-30)10-11-23-22(21)14-16-29(2)24(23)12-13-25(29)28(34)19-33(4)32-27-9-7-6-8-26(27)31-3/h6-9,20-25,35H,5,10-19H2,1-4H3/b31-26-,32-27-/t20-,21-,22+,23+,24-,25+,29-,30+/m0/s1. The fourth-order valence-electron chi connectivity index (χ4n) is 9.11. The van der Waals surface area contributed by atoms with E-state index in [0.29, 0.717) is 24.2 Å². The van der Waals surface area contributed by atoms with Gasteiger partial charge in [0.05, 0.1) is 17.9 Å². The van der Waals surface area contributed by atoms with E-state index in [2.05, 4.69) is 18.8 Å². The Kier molecular flexibility index (Phi) is 6.84. The molecule has 0 saturated heterocycles. The van der Waals surface area contributed by atoms with Crippen LogP contribution in [0.3, 0.4) is 0 Å². The van der Waals surface area contributed by atoms with E-state index in [0.717, 1.165) is 54.9 Å². The molecule has 35 heavy (non-hydrogen) atoms. The average Bonchev–Trinajstić information content (AvgIpc) is 3.21. The highest BCUT2D eigenvalue weighted by atomic mass is 16.3. The number of rotatable bonds is 5. The van der Waals surface area contributed by atoms with E-state index >= 15 is 0 Å². The zero-order chi connectivity index (χ0) is 24.8. The summed E-state index contributed by atoms with van der Waals surface area (Å²) in [5.41, 5.74) is 1.40.